The first kappa shape index (κ1) is 34.2. The van der Waals surface area contributed by atoms with E-state index in [1.54, 1.807) is 22.7 Å². The van der Waals surface area contributed by atoms with Crippen LogP contribution in [0.2, 0.25) is 0 Å². The van der Waals surface area contributed by atoms with Gasteiger partial charge in [-0.15, -0.1) is 34.0 Å². The van der Waals surface area contributed by atoms with E-state index in [9.17, 15) is 0 Å². The first-order valence-corrected chi connectivity index (χ1v) is 21.9. The highest BCUT2D eigenvalue weighted by atomic mass is 32.1. The Morgan fingerprint density at radius 3 is 1.76 bits per heavy atom. The van der Waals surface area contributed by atoms with E-state index in [1.165, 1.54) is 61.7 Å². The number of hydrogen-bond donors (Lipinski definition) is 0. The monoisotopic (exact) mass is 806 g/mol. The van der Waals surface area contributed by atoms with E-state index in [2.05, 4.69) is 158 Å². The van der Waals surface area contributed by atoms with Crippen molar-refractivity contribution in [2.45, 2.75) is 0 Å². The Morgan fingerprint density at radius 2 is 0.898 bits per heavy atom. The summed E-state index contributed by atoms with van der Waals surface area (Å²) in [6.45, 7) is 0. The number of benzene rings is 8. The zero-order valence-electron chi connectivity index (χ0n) is 31.3. The molecule has 4 heterocycles. The van der Waals surface area contributed by atoms with Crippen LogP contribution in [0.1, 0.15) is 0 Å². The minimum absolute atomic E-state index is 0.650. The first-order valence-electron chi connectivity index (χ1n) is 19.4. The zero-order valence-corrected chi connectivity index (χ0v) is 33.8. The summed E-state index contributed by atoms with van der Waals surface area (Å²) in [4.78, 5) is 20.2. The van der Waals surface area contributed by atoms with Crippen molar-refractivity contribution in [3.8, 4) is 67.0 Å². The van der Waals surface area contributed by atoms with Crippen molar-refractivity contribution >= 4 is 84.6 Å². The van der Waals surface area contributed by atoms with E-state index in [-0.39, 0.29) is 0 Å². The molecule has 0 spiro atoms. The number of para-hydroxylation sites is 1. The molecule has 0 aliphatic heterocycles. The topological polar surface area (TPSA) is 51.6 Å². The lowest BCUT2D eigenvalue weighted by atomic mass is 9.99. The van der Waals surface area contributed by atoms with Gasteiger partial charge in [0.25, 0.3) is 0 Å². The average Bonchev–Trinajstić information content (AvgIpc) is 4.03. The molecule has 0 radical (unpaired) electrons. The number of rotatable bonds is 6. The van der Waals surface area contributed by atoms with E-state index in [1.807, 2.05) is 35.6 Å². The van der Waals surface area contributed by atoms with Gasteiger partial charge in [0, 0.05) is 62.6 Å². The summed E-state index contributed by atoms with van der Waals surface area (Å²) in [5.74, 6) is 1.98. The van der Waals surface area contributed by atoms with E-state index >= 15 is 0 Å². The molecule has 0 bridgehead atoms. The maximum Gasteiger partial charge on any atom is 0.164 e. The molecule has 0 amide bonds. The van der Waals surface area contributed by atoms with Crippen molar-refractivity contribution in [1.82, 2.24) is 19.9 Å². The second-order valence-electron chi connectivity index (χ2n) is 14.6. The molecule has 8 aromatic carbocycles. The average molecular weight is 807 g/mol. The third kappa shape index (κ3) is 5.93. The van der Waals surface area contributed by atoms with E-state index in [0.717, 1.165) is 38.3 Å². The second kappa shape index (κ2) is 13.9. The highest BCUT2D eigenvalue weighted by molar-refractivity contribution is 7.26. The smallest absolute Gasteiger partial charge is 0.164 e. The van der Waals surface area contributed by atoms with Crippen molar-refractivity contribution < 1.29 is 0 Å². The number of hydrogen-bond acceptors (Lipinski definition) is 7. The fourth-order valence-electron chi connectivity index (χ4n) is 8.13. The molecular formula is C52H30N4S3. The molecular weight excluding hydrogens is 777 g/mol. The minimum atomic E-state index is 0.650. The molecule has 0 aliphatic carbocycles. The summed E-state index contributed by atoms with van der Waals surface area (Å²) in [6.07, 6.45) is 0. The molecule has 4 aromatic heterocycles. The molecule has 12 rings (SSSR count). The van der Waals surface area contributed by atoms with E-state index in [4.69, 9.17) is 19.9 Å². The third-order valence-corrected chi connectivity index (χ3v) is 14.4. The van der Waals surface area contributed by atoms with Gasteiger partial charge in [-0.2, -0.15) is 0 Å². The summed E-state index contributed by atoms with van der Waals surface area (Å²) in [5.41, 5.74) is 9.85. The number of aromatic nitrogens is 4. The standard InChI is InChI=1S/C52H30N4S3/c1-2-11-32(12-3-1)49-54-50(56-51(55-49)40-18-10-22-46-47(40)39-15-4-6-20-43(39)57-46)33-25-23-31(24-26-33)37-16-9-17-38-41-30-35(27-28-44(41)58-48(37)38)34-13-8-14-36(29-34)52-53-42-19-5-7-21-45(42)59-52/h1-30H. The van der Waals surface area contributed by atoms with Crippen LogP contribution in [-0.4, -0.2) is 19.9 Å². The van der Waals surface area contributed by atoms with Gasteiger partial charge in [-0.05, 0) is 64.7 Å². The predicted molar refractivity (Wildman–Crippen MR) is 251 cm³/mol. The van der Waals surface area contributed by atoms with Crippen molar-refractivity contribution in [1.29, 1.82) is 0 Å². The Hall–Kier alpha value is -6.90. The van der Waals surface area contributed by atoms with Gasteiger partial charge < -0.3 is 0 Å². The molecule has 0 aliphatic rings. The largest absolute Gasteiger partial charge is 0.236 e. The highest BCUT2D eigenvalue weighted by Gasteiger charge is 2.18. The Kier molecular flexibility index (Phi) is 8.04. The Labute approximate surface area is 351 Å². The van der Waals surface area contributed by atoms with Crippen LogP contribution in [0.25, 0.3) is 118 Å². The minimum Gasteiger partial charge on any atom is -0.236 e. The summed E-state index contributed by atoms with van der Waals surface area (Å²) >= 11 is 5.39. The van der Waals surface area contributed by atoms with Gasteiger partial charge in [-0.25, -0.2) is 19.9 Å². The van der Waals surface area contributed by atoms with Gasteiger partial charge in [0.05, 0.1) is 10.2 Å². The van der Waals surface area contributed by atoms with Gasteiger partial charge in [-0.1, -0.05) is 140 Å². The molecule has 4 nitrogen and oxygen atoms in total. The van der Waals surface area contributed by atoms with Crippen LogP contribution in [-0.2, 0) is 0 Å². The molecule has 12 aromatic rings. The van der Waals surface area contributed by atoms with Crippen molar-refractivity contribution in [2.75, 3.05) is 0 Å². The SMILES string of the molecule is c1ccc(-c2nc(-c3ccc(-c4cccc5c4sc4ccc(-c6cccc(-c7nc8ccccc8s7)c6)cc45)cc3)nc(-c3cccc4sc5ccccc5c34)n2)cc1. The molecule has 0 atom stereocenters. The summed E-state index contributed by atoms with van der Waals surface area (Å²) in [5, 5.41) is 5.98. The zero-order chi connectivity index (χ0) is 38.9. The van der Waals surface area contributed by atoms with Crippen LogP contribution in [0.4, 0.5) is 0 Å². The maximum atomic E-state index is 5.16. The van der Waals surface area contributed by atoms with Crippen molar-refractivity contribution in [3.63, 3.8) is 0 Å². The predicted octanol–water partition coefficient (Wildman–Crippen LogP) is 15.2. The van der Waals surface area contributed by atoms with Gasteiger partial charge in [0.2, 0.25) is 0 Å². The van der Waals surface area contributed by atoms with Crippen LogP contribution < -0.4 is 0 Å². The quantitative estimate of drug-likeness (QED) is 0.168. The number of nitrogens with zero attached hydrogens (tertiary/aromatic N) is 4. The van der Waals surface area contributed by atoms with Crippen molar-refractivity contribution in [2.24, 2.45) is 0 Å². The Balaban J connectivity index is 0.920. The van der Waals surface area contributed by atoms with Gasteiger partial charge in [-0.3, -0.25) is 0 Å². The maximum absolute atomic E-state index is 5.16. The van der Waals surface area contributed by atoms with Gasteiger partial charge in [0.15, 0.2) is 17.5 Å². The highest BCUT2D eigenvalue weighted by Crippen LogP contribution is 2.43. The summed E-state index contributed by atoms with van der Waals surface area (Å²) in [7, 11) is 0. The molecule has 0 unspecified atom stereocenters. The van der Waals surface area contributed by atoms with Crippen LogP contribution in [0.5, 0.6) is 0 Å². The molecule has 0 saturated carbocycles. The summed E-state index contributed by atoms with van der Waals surface area (Å²) < 4.78 is 6.23. The van der Waals surface area contributed by atoms with E-state index in [0.29, 0.717) is 17.5 Å². The molecule has 59 heavy (non-hydrogen) atoms. The van der Waals surface area contributed by atoms with E-state index < -0.39 is 0 Å². The fourth-order valence-corrected chi connectivity index (χ4v) is 11.4. The lowest BCUT2D eigenvalue weighted by molar-refractivity contribution is 1.08. The van der Waals surface area contributed by atoms with Gasteiger partial charge in [0.1, 0.15) is 5.01 Å². The third-order valence-electron chi connectivity index (χ3n) is 11.0. The Morgan fingerprint density at radius 1 is 0.305 bits per heavy atom. The van der Waals surface area contributed by atoms with Crippen LogP contribution in [0.3, 0.4) is 0 Å². The lowest BCUT2D eigenvalue weighted by Gasteiger charge is -2.10. The molecule has 7 heteroatoms. The number of thiophene rings is 2. The van der Waals surface area contributed by atoms with Crippen molar-refractivity contribution in [3.05, 3.63) is 182 Å². The second-order valence-corrected chi connectivity index (χ2v) is 17.8. The summed E-state index contributed by atoms with van der Waals surface area (Å²) in [6, 6.07) is 64.5. The fraction of sp³-hybridized carbons (Fsp3) is 0. The molecule has 276 valence electrons. The number of thiazole rings is 1. The molecule has 0 saturated heterocycles. The molecule has 0 N–H and O–H groups in total. The number of fused-ring (bicyclic) bond motifs is 7. The van der Waals surface area contributed by atoms with Crippen LogP contribution >= 0.6 is 34.0 Å². The Bertz CT molecular complexity index is 3530. The van der Waals surface area contributed by atoms with Gasteiger partial charge >= 0.3 is 0 Å². The molecule has 0 fully saturated rings. The van der Waals surface area contributed by atoms with Crippen LogP contribution in [0, 0.1) is 0 Å². The normalized spacial score (nSPS) is 11.7. The van der Waals surface area contributed by atoms with Crippen LogP contribution in [0.15, 0.2) is 182 Å². The lowest BCUT2D eigenvalue weighted by Crippen LogP contribution is -2.00. The first-order chi connectivity index (χ1) is 29.2.